The molecule has 0 bridgehead atoms. The van der Waals surface area contributed by atoms with E-state index in [1.54, 1.807) is 11.3 Å². The molecule has 2 aromatic heterocycles. The largest absolute Gasteiger partial charge is 0.464 e. The van der Waals surface area contributed by atoms with Crippen LogP contribution >= 0.6 is 22.7 Å². The first-order valence-corrected chi connectivity index (χ1v) is 7.00. The first-order valence-electron chi connectivity index (χ1n) is 5.30. The topological polar surface area (TPSA) is 64.1 Å². The molecule has 0 aliphatic carbocycles. The third-order valence-corrected chi connectivity index (χ3v) is 4.28. The summed E-state index contributed by atoms with van der Waals surface area (Å²) in [6.07, 6.45) is 0. The quantitative estimate of drug-likeness (QED) is 0.874. The van der Waals surface area contributed by atoms with Gasteiger partial charge in [-0.15, -0.1) is 22.7 Å². The van der Waals surface area contributed by atoms with Crippen molar-refractivity contribution in [2.75, 3.05) is 12.4 Å². The number of methoxy groups -OCH3 is 1. The number of nitrogens with zero attached hydrogens (tertiary/aromatic N) is 2. The van der Waals surface area contributed by atoms with Crippen LogP contribution in [0.5, 0.6) is 0 Å². The molecule has 0 aliphatic rings. The van der Waals surface area contributed by atoms with Crippen molar-refractivity contribution in [3.63, 3.8) is 0 Å². The van der Waals surface area contributed by atoms with Crippen LogP contribution in [0.25, 0.3) is 0 Å². The van der Waals surface area contributed by atoms with Gasteiger partial charge in [0, 0.05) is 9.75 Å². The molecule has 0 spiro atoms. The molecule has 2 rings (SSSR count). The molecule has 0 saturated heterocycles. The van der Waals surface area contributed by atoms with E-state index in [4.69, 9.17) is 0 Å². The molecule has 1 N–H and O–H groups in total. The molecule has 2 heterocycles. The van der Waals surface area contributed by atoms with Gasteiger partial charge in [-0.3, -0.25) is 0 Å². The number of esters is 1. The lowest BCUT2D eigenvalue weighted by Crippen LogP contribution is -2.04. The molecular formula is C11H13N3O2S2. The van der Waals surface area contributed by atoms with Crippen molar-refractivity contribution in [2.24, 2.45) is 0 Å². The molecule has 0 fully saturated rings. The minimum absolute atomic E-state index is 0.381. The molecule has 18 heavy (non-hydrogen) atoms. The summed E-state index contributed by atoms with van der Waals surface area (Å²) in [5.74, 6) is -0.397. The lowest BCUT2D eigenvalue weighted by Gasteiger charge is -2.00. The van der Waals surface area contributed by atoms with Crippen LogP contribution in [-0.4, -0.2) is 23.0 Å². The van der Waals surface area contributed by atoms with Crippen molar-refractivity contribution < 1.29 is 9.53 Å². The Balaban J connectivity index is 2.07. The van der Waals surface area contributed by atoms with Crippen molar-refractivity contribution in [3.05, 3.63) is 26.7 Å². The fourth-order valence-electron chi connectivity index (χ4n) is 1.41. The molecule has 0 radical (unpaired) electrons. The van der Waals surface area contributed by atoms with Gasteiger partial charge in [-0.1, -0.05) is 0 Å². The Labute approximate surface area is 113 Å². The van der Waals surface area contributed by atoms with Gasteiger partial charge >= 0.3 is 5.97 Å². The minimum Gasteiger partial charge on any atom is -0.464 e. The predicted molar refractivity (Wildman–Crippen MR) is 72.4 cm³/mol. The van der Waals surface area contributed by atoms with Gasteiger partial charge in [-0.25, -0.2) is 14.8 Å². The first-order chi connectivity index (χ1) is 8.61. The second-order valence-corrected chi connectivity index (χ2v) is 5.77. The zero-order valence-electron chi connectivity index (χ0n) is 10.3. The van der Waals surface area contributed by atoms with Crippen molar-refractivity contribution in [1.29, 1.82) is 0 Å². The van der Waals surface area contributed by atoms with E-state index in [-0.39, 0.29) is 0 Å². The molecule has 2 aromatic rings. The number of anilines is 1. The minimum atomic E-state index is -0.397. The SMILES string of the molecule is COC(=O)c1nc(NCc2scnc2C)sc1C. The highest BCUT2D eigenvalue weighted by Crippen LogP contribution is 2.24. The second-order valence-electron chi connectivity index (χ2n) is 3.63. The molecule has 0 saturated carbocycles. The predicted octanol–water partition coefficient (Wildman–Crippen LogP) is 2.62. The highest BCUT2D eigenvalue weighted by atomic mass is 32.1. The molecule has 5 nitrogen and oxygen atoms in total. The number of nitrogens with one attached hydrogen (secondary N) is 1. The van der Waals surface area contributed by atoms with Gasteiger partial charge in [0.1, 0.15) is 0 Å². The Hall–Kier alpha value is -1.47. The van der Waals surface area contributed by atoms with Crippen LogP contribution < -0.4 is 5.32 Å². The molecule has 0 unspecified atom stereocenters. The van der Waals surface area contributed by atoms with Gasteiger partial charge in [0.05, 0.1) is 24.9 Å². The number of aryl methyl sites for hydroxylation is 2. The standard InChI is InChI=1S/C11H13N3O2S2/c1-6-8(17-5-13-6)4-12-11-14-9(7(2)18-11)10(15)16-3/h5H,4H2,1-3H3,(H,12,14). The zero-order valence-corrected chi connectivity index (χ0v) is 11.9. The fourth-order valence-corrected chi connectivity index (χ4v) is 2.92. The van der Waals surface area contributed by atoms with E-state index in [0.29, 0.717) is 12.2 Å². The highest BCUT2D eigenvalue weighted by molar-refractivity contribution is 7.15. The molecule has 0 aliphatic heterocycles. The first kappa shape index (κ1) is 13.0. The normalized spacial score (nSPS) is 10.4. The molecule has 0 atom stereocenters. The number of carbonyl (C=O) groups is 1. The smallest absolute Gasteiger partial charge is 0.357 e. The monoisotopic (exact) mass is 283 g/mol. The maximum atomic E-state index is 11.4. The van der Waals surface area contributed by atoms with Crippen molar-refractivity contribution in [1.82, 2.24) is 9.97 Å². The van der Waals surface area contributed by atoms with E-state index in [1.807, 2.05) is 19.4 Å². The van der Waals surface area contributed by atoms with Crippen LogP contribution in [0.3, 0.4) is 0 Å². The molecule has 96 valence electrons. The summed E-state index contributed by atoms with van der Waals surface area (Å²) in [5.41, 5.74) is 3.22. The van der Waals surface area contributed by atoms with E-state index in [2.05, 4.69) is 20.0 Å². The summed E-state index contributed by atoms with van der Waals surface area (Å²) in [4.78, 5) is 21.8. The van der Waals surface area contributed by atoms with Crippen LogP contribution in [0.4, 0.5) is 5.13 Å². The van der Waals surface area contributed by atoms with Crippen LogP contribution in [0.15, 0.2) is 5.51 Å². The third kappa shape index (κ3) is 2.68. The lowest BCUT2D eigenvalue weighted by molar-refractivity contribution is 0.0594. The Morgan fingerprint density at radius 2 is 2.28 bits per heavy atom. The number of hydrogen-bond acceptors (Lipinski definition) is 7. The number of hydrogen-bond donors (Lipinski definition) is 1. The van der Waals surface area contributed by atoms with E-state index in [1.165, 1.54) is 23.3 Å². The Kier molecular flexibility index (Phi) is 3.93. The Morgan fingerprint density at radius 3 is 2.89 bits per heavy atom. The Morgan fingerprint density at radius 1 is 1.50 bits per heavy atom. The van der Waals surface area contributed by atoms with Crippen molar-refractivity contribution in [2.45, 2.75) is 20.4 Å². The summed E-state index contributed by atoms with van der Waals surface area (Å²) >= 11 is 3.05. The maximum Gasteiger partial charge on any atom is 0.357 e. The molecule has 0 amide bonds. The van der Waals surface area contributed by atoms with Gasteiger partial charge in [0.15, 0.2) is 10.8 Å². The molecule has 0 aromatic carbocycles. The van der Waals surface area contributed by atoms with Crippen LogP contribution in [-0.2, 0) is 11.3 Å². The summed E-state index contributed by atoms with van der Waals surface area (Å²) in [6.45, 7) is 4.50. The average Bonchev–Trinajstić information content (AvgIpc) is 2.92. The van der Waals surface area contributed by atoms with E-state index < -0.39 is 5.97 Å². The van der Waals surface area contributed by atoms with Crippen molar-refractivity contribution >= 4 is 33.8 Å². The van der Waals surface area contributed by atoms with Gasteiger partial charge < -0.3 is 10.1 Å². The lowest BCUT2D eigenvalue weighted by atomic mass is 10.4. The zero-order chi connectivity index (χ0) is 13.1. The summed E-state index contributed by atoms with van der Waals surface area (Å²) in [6, 6.07) is 0. The fraction of sp³-hybridized carbons (Fsp3) is 0.364. The number of aromatic nitrogens is 2. The van der Waals surface area contributed by atoms with Crippen LogP contribution in [0.1, 0.15) is 25.9 Å². The third-order valence-electron chi connectivity index (χ3n) is 2.42. The number of ether oxygens (including phenoxy) is 1. The molecular weight excluding hydrogens is 270 g/mol. The summed E-state index contributed by atoms with van der Waals surface area (Å²) in [5, 5.41) is 3.92. The van der Waals surface area contributed by atoms with Crippen LogP contribution in [0, 0.1) is 13.8 Å². The average molecular weight is 283 g/mol. The number of thiazole rings is 2. The highest BCUT2D eigenvalue weighted by Gasteiger charge is 2.15. The summed E-state index contributed by atoms with van der Waals surface area (Å²) in [7, 11) is 1.36. The van der Waals surface area contributed by atoms with E-state index in [0.717, 1.165) is 15.7 Å². The van der Waals surface area contributed by atoms with Gasteiger partial charge in [0.25, 0.3) is 0 Å². The van der Waals surface area contributed by atoms with Crippen LogP contribution in [0.2, 0.25) is 0 Å². The van der Waals surface area contributed by atoms with E-state index >= 15 is 0 Å². The second kappa shape index (κ2) is 5.45. The van der Waals surface area contributed by atoms with Gasteiger partial charge in [-0.2, -0.15) is 0 Å². The van der Waals surface area contributed by atoms with E-state index in [9.17, 15) is 4.79 Å². The maximum absolute atomic E-state index is 11.4. The molecule has 7 heteroatoms. The van der Waals surface area contributed by atoms with Gasteiger partial charge in [0.2, 0.25) is 0 Å². The number of carbonyl (C=O) groups excluding carboxylic acids is 1. The van der Waals surface area contributed by atoms with Gasteiger partial charge in [-0.05, 0) is 13.8 Å². The van der Waals surface area contributed by atoms with Crippen molar-refractivity contribution in [3.8, 4) is 0 Å². The number of rotatable bonds is 4. The Bertz CT molecular complexity index is 562. The summed E-state index contributed by atoms with van der Waals surface area (Å²) < 4.78 is 4.67.